The Morgan fingerprint density at radius 1 is 1.00 bits per heavy atom. The molecule has 1 atom stereocenters. The van der Waals surface area contributed by atoms with Crippen molar-refractivity contribution in [3.8, 4) is 0 Å². The maximum absolute atomic E-state index is 3.46. The van der Waals surface area contributed by atoms with Gasteiger partial charge in [0.2, 0.25) is 0 Å². The molecule has 0 heterocycles. The van der Waals surface area contributed by atoms with E-state index in [1.54, 1.807) is 0 Å². The number of hydrogen-bond acceptors (Lipinski definition) is 2. The van der Waals surface area contributed by atoms with E-state index in [4.69, 9.17) is 0 Å². The highest BCUT2D eigenvalue weighted by Gasteiger charge is 2.04. The second-order valence-corrected chi connectivity index (χ2v) is 4.44. The summed E-state index contributed by atoms with van der Waals surface area (Å²) in [4.78, 5) is 2.60. The normalized spacial score (nSPS) is 13.4. The lowest BCUT2D eigenvalue weighted by molar-refractivity contribution is 0.264. The first-order valence-electron chi connectivity index (χ1n) is 6.70. The minimum atomic E-state index is 0.681. The first-order chi connectivity index (χ1) is 7.24. The van der Waals surface area contributed by atoms with E-state index in [1.165, 1.54) is 45.3 Å². The van der Waals surface area contributed by atoms with E-state index < -0.39 is 0 Å². The molecular formula is C13H30N2. The smallest absolute Gasteiger partial charge is 0.00390 e. The Bertz CT molecular complexity index is 120. The molecule has 1 unspecified atom stereocenters. The molecule has 0 spiro atoms. The van der Waals surface area contributed by atoms with Gasteiger partial charge in [0.25, 0.3) is 0 Å². The van der Waals surface area contributed by atoms with E-state index in [0.29, 0.717) is 6.04 Å². The maximum Gasteiger partial charge on any atom is 0.00390 e. The van der Waals surface area contributed by atoms with Crippen molar-refractivity contribution < 1.29 is 0 Å². The summed E-state index contributed by atoms with van der Waals surface area (Å²) in [6, 6.07) is 0.681. The molecule has 2 heteroatoms. The summed E-state index contributed by atoms with van der Waals surface area (Å²) in [7, 11) is 0. The Balaban J connectivity index is 3.51. The minimum absolute atomic E-state index is 0.681. The highest BCUT2D eigenvalue weighted by Crippen LogP contribution is 2.01. The molecule has 0 fully saturated rings. The molecule has 0 radical (unpaired) electrons. The second-order valence-electron chi connectivity index (χ2n) is 4.44. The zero-order valence-electron chi connectivity index (χ0n) is 11.2. The van der Waals surface area contributed by atoms with Gasteiger partial charge in [0.1, 0.15) is 0 Å². The zero-order valence-corrected chi connectivity index (χ0v) is 11.2. The predicted molar refractivity (Wildman–Crippen MR) is 69.4 cm³/mol. The fraction of sp³-hybridized carbons (Fsp3) is 1.00. The van der Waals surface area contributed by atoms with Gasteiger partial charge in [-0.3, -0.25) is 0 Å². The summed E-state index contributed by atoms with van der Waals surface area (Å²) < 4.78 is 0. The number of rotatable bonds is 10. The number of hydrogen-bond donors (Lipinski definition) is 1. The van der Waals surface area contributed by atoms with Crippen LogP contribution in [0.1, 0.15) is 53.4 Å². The van der Waals surface area contributed by atoms with E-state index >= 15 is 0 Å². The van der Waals surface area contributed by atoms with Gasteiger partial charge < -0.3 is 10.2 Å². The Morgan fingerprint density at radius 2 is 1.60 bits per heavy atom. The second kappa shape index (κ2) is 10.4. The summed E-state index contributed by atoms with van der Waals surface area (Å²) in [5.41, 5.74) is 0. The van der Waals surface area contributed by atoms with E-state index in [2.05, 4.69) is 37.9 Å². The molecule has 0 aromatic rings. The molecule has 0 saturated heterocycles. The topological polar surface area (TPSA) is 15.3 Å². The molecule has 0 amide bonds. The molecule has 0 bridgehead atoms. The highest BCUT2D eigenvalue weighted by atomic mass is 15.1. The third kappa shape index (κ3) is 8.88. The summed E-state index contributed by atoms with van der Waals surface area (Å²) >= 11 is 0. The average Bonchev–Trinajstić information content (AvgIpc) is 2.19. The first kappa shape index (κ1) is 14.9. The van der Waals surface area contributed by atoms with Gasteiger partial charge in [-0.05, 0) is 58.8 Å². The summed E-state index contributed by atoms with van der Waals surface area (Å²) in [6.45, 7) is 13.9. The molecule has 0 aliphatic rings. The van der Waals surface area contributed by atoms with Crippen molar-refractivity contribution in [3.05, 3.63) is 0 Å². The van der Waals surface area contributed by atoms with Crippen molar-refractivity contribution in [2.45, 2.75) is 59.4 Å². The molecule has 92 valence electrons. The van der Waals surface area contributed by atoms with E-state index in [1.807, 2.05) is 0 Å². The number of nitrogens with one attached hydrogen (secondary N) is 1. The van der Waals surface area contributed by atoms with Crippen molar-refractivity contribution in [3.63, 3.8) is 0 Å². The van der Waals surface area contributed by atoms with Crippen LogP contribution in [0.3, 0.4) is 0 Å². The fourth-order valence-electron chi connectivity index (χ4n) is 2.04. The van der Waals surface area contributed by atoms with Crippen LogP contribution in [0.25, 0.3) is 0 Å². The van der Waals surface area contributed by atoms with Gasteiger partial charge in [-0.25, -0.2) is 0 Å². The summed E-state index contributed by atoms with van der Waals surface area (Å²) in [6.07, 6.45) is 5.19. The Morgan fingerprint density at radius 3 is 2.07 bits per heavy atom. The van der Waals surface area contributed by atoms with Gasteiger partial charge in [-0.2, -0.15) is 0 Å². The maximum atomic E-state index is 3.46. The monoisotopic (exact) mass is 214 g/mol. The molecule has 0 saturated carbocycles. The first-order valence-corrected chi connectivity index (χ1v) is 6.70. The van der Waals surface area contributed by atoms with Gasteiger partial charge >= 0.3 is 0 Å². The van der Waals surface area contributed by atoms with Gasteiger partial charge in [0.15, 0.2) is 0 Å². The van der Waals surface area contributed by atoms with Crippen LogP contribution in [0.2, 0.25) is 0 Å². The van der Waals surface area contributed by atoms with Crippen molar-refractivity contribution in [1.29, 1.82) is 0 Å². The third-order valence-electron chi connectivity index (χ3n) is 2.74. The Kier molecular flexibility index (Phi) is 10.4. The molecule has 0 aromatic heterocycles. The van der Waals surface area contributed by atoms with Gasteiger partial charge in [-0.1, -0.05) is 20.8 Å². The van der Waals surface area contributed by atoms with Gasteiger partial charge in [0.05, 0.1) is 0 Å². The van der Waals surface area contributed by atoms with Crippen LogP contribution < -0.4 is 5.32 Å². The molecule has 1 N–H and O–H groups in total. The highest BCUT2D eigenvalue weighted by molar-refractivity contribution is 4.62. The van der Waals surface area contributed by atoms with Crippen molar-refractivity contribution >= 4 is 0 Å². The molecule has 0 rings (SSSR count). The largest absolute Gasteiger partial charge is 0.315 e. The molecule has 15 heavy (non-hydrogen) atoms. The van der Waals surface area contributed by atoms with Crippen LogP contribution in [0, 0.1) is 0 Å². The quantitative estimate of drug-likeness (QED) is 0.601. The molecule has 0 aliphatic heterocycles. The van der Waals surface area contributed by atoms with E-state index in [0.717, 1.165) is 6.54 Å². The van der Waals surface area contributed by atoms with Gasteiger partial charge in [-0.15, -0.1) is 0 Å². The third-order valence-corrected chi connectivity index (χ3v) is 2.74. The van der Waals surface area contributed by atoms with E-state index in [-0.39, 0.29) is 0 Å². The lowest BCUT2D eigenvalue weighted by Crippen LogP contribution is -2.29. The summed E-state index contributed by atoms with van der Waals surface area (Å²) in [5.74, 6) is 0. The number of nitrogens with zero attached hydrogens (tertiary/aromatic N) is 1. The average molecular weight is 214 g/mol. The van der Waals surface area contributed by atoms with Crippen LogP contribution in [0.5, 0.6) is 0 Å². The lowest BCUT2D eigenvalue weighted by atomic mass is 10.1. The van der Waals surface area contributed by atoms with Crippen LogP contribution in [-0.2, 0) is 0 Å². The van der Waals surface area contributed by atoms with Crippen LogP contribution in [-0.4, -0.2) is 37.1 Å². The SMILES string of the molecule is CCCN(CCC)CCCC(C)NCC. The van der Waals surface area contributed by atoms with Crippen molar-refractivity contribution in [1.82, 2.24) is 10.2 Å². The molecule has 0 aromatic carbocycles. The molecule has 0 aliphatic carbocycles. The van der Waals surface area contributed by atoms with Crippen LogP contribution in [0.4, 0.5) is 0 Å². The zero-order chi connectivity index (χ0) is 11.5. The fourth-order valence-corrected chi connectivity index (χ4v) is 2.04. The van der Waals surface area contributed by atoms with E-state index in [9.17, 15) is 0 Å². The van der Waals surface area contributed by atoms with Crippen molar-refractivity contribution in [2.75, 3.05) is 26.2 Å². The van der Waals surface area contributed by atoms with Gasteiger partial charge in [0, 0.05) is 6.04 Å². The Hall–Kier alpha value is -0.0800. The standard InChI is InChI=1S/C13H30N2/c1-5-10-15(11-6-2)12-8-9-13(4)14-7-3/h13-14H,5-12H2,1-4H3. The summed E-state index contributed by atoms with van der Waals surface area (Å²) in [5, 5.41) is 3.46. The Labute approximate surface area is 96.4 Å². The van der Waals surface area contributed by atoms with Crippen LogP contribution >= 0.6 is 0 Å². The van der Waals surface area contributed by atoms with Crippen molar-refractivity contribution in [2.24, 2.45) is 0 Å². The lowest BCUT2D eigenvalue weighted by Gasteiger charge is -2.21. The minimum Gasteiger partial charge on any atom is -0.315 e. The van der Waals surface area contributed by atoms with Crippen LogP contribution in [0.15, 0.2) is 0 Å². The molecular weight excluding hydrogens is 184 g/mol. The predicted octanol–water partition coefficient (Wildman–Crippen LogP) is 2.89. The molecule has 2 nitrogen and oxygen atoms in total.